The summed E-state index contributed by atoms with van der Waals surface area (Å²) in [7, 11) is 1.28. The molecule has 0 aliphatic carbocycles. The Morgan fingerprint density at radius 2 is 1.85 bits per heavy atom. The number of para-hydroxylation sites is 1. The van der Waals surface area contributed by atoms with E-state index in [1.54, 1.807) is 24.3 Å². The predicted molar refractivity (Wildman–Crippen MR) is 94.0 cm³/mol. The van der Waals surface area contributed by atoms with E-state index in [9.17, 15) is 22.8 Å². The van der Waals surface area contributed by atoms with Gasteiger partial charge in [0.1, 0.15) is 0 Å². The van der Waals surface area contributed by atoms with E-state index in [0.29, 0.717) is 11.3 Å². The molecule has 26 heavy (non-hydrogen) atoms. The third-order valence-electron chi connectivity index (χ3n) is 3.36. The lowest BCUT2D eigenvalue weighted by atomic mass is 10.1. The van der Waals surface area contributed by atoms with E-state index in [0.717, 1.165) is 11.6 Å². The number of ether oxygens (including phenoxy) is 1. The highest BCUT2D eigenvalue weighted by Crippen LogP contribution is 2.34. The summed E-state index contributed by atoms with van der Waals surface area (Å²) in [5.74, 6) is -0.581. The van der Waals surface area contributed by atoms with E-state index < -0.39 is 23.6 Å². The summed E-state index contributed by atoms with van der Waals surface area (Å²) in [6, 6.07) is 11.6. The average Bonchev–Trinajstić information content (AvgIpc) is 2.61. The van der Waals surface area contributed by atoms with Crippen LogP contribution >= 0.6 is 11.8 Å². The lowest BCUT2D eigenvalue weighted by Gasteiger charge is -2.13. The molecule has 2 aromatic rings. The number of carbonyl (C=O) groups excluding carboxylic acids is 2. The van der Waals surface area contributed by atoms with Crippen LogP contribution in [0.1, 0.15) is 21.5 Å². The number of thioether (sulfide) groups is 1. The summed E-state index contributed by atoms with van der Waals surface area (Å²) < 4.78 is 43.4. The molecule has 8 heteroatoms. The van der Waals surface area contributed by atoms with Crippen LogP contribution in [0.2, 0.25) is 0 Å². The lowest BCUT2D eigenvalue weighted by molar-refractivity contribution is -0.137. The van der Waals surface area contributed by atoms with Gasteiger partial charge in [-0.05, 0) is 29.8 Å². The smallest absolute Gasteiger partial charge is 0.418 e. The molecule has 1 amide bonds. The highest BCUT2D eigenvalue weighted by Gasteiger charge is 2.33. The van der Waals surface area contributed by atoms with Crippen LogP contribution in [0.5, 0.6) is 0 Å². The Morgan fingerprint density at radius 3 is 2.54 bits per heavy atom. The minimum atomic E-state index is -4.54. The third kappa shape index (κ3) is 5.52. The Hall–Kier alpha value is -2.48. The molecule has 0 atom stereocenters. The van der Waals surface area contributed by atoms with Crippen LogP contribution in [-0.2, 0) is 21.5 Å². The van der Waals surface area contributed by atoms with E-state index in [1.165, 1.54) is 37.1 Å². The molecule has 2 rings (SSSR count). The van der Waals surface area contributed by atoms with Gasteiger partial charge in [0.05, 0.1) is 29.7 Å². The first-order valence-corrected chi connectivity index (χ1v) is 8.68. The molecule has 0 bridgehead atoms. The largest absolute Gasteiger partial charge is 0.465 e. The molecule has 4 nitrogen and oxygen atoms in total. The number of methoxy groups -OCH3 is 1. The van der Waals surface area contributed by atoms with Crippen LogP contribution in [0.4, 0.5) is 18.9 Å². The number of anilines is 1. The summed E-state index contributed by atoms with van der Waals surface area (Å²) in [5.41, 5.74) is 0.0537. The maximum absolute atomic E-state index is 12.9. The number of alkyl halides is 3. The molecule has 0 heterocycles. The van der Waals surface area contributed by atoms with Gasteiger partial charge in [0.25, 0.3) is 0 Å². The van der Waals surface area contributed by atoms with Crippen molar-refractivity contribution >= 4 is 29.3 Å². The highest BCUT2D eigenvalue weighted by molar-refractivity contribution is 7.99. The van der Waals surface area contributed by atoms with Crippen LogP contribution in [0, 0.1) is 0 Å². The quantitative estimate of drug-likeness (QED) is 0.753. The molecule has 0 aliphatic rings. The number of nitrogens with one attached hydrogen (secondary N) is 1. The van der Waals surface area contributed by atoms with Crippen molar-refractivity contribution < 1.29 is 27.5 Å². The molecule has 0 unspecified atom stereocenters. The van der Waals surface area contributed by atoms with Crippen molar-refractivity contribution in [3.05, 3.63) is 65.2 Å². The minimum absolute atomic E-state index is 0.0192. The maximum Gasteiger partial charge on any atom is 0.418 e. The van der Waals surface area contributed by atoms with Gasteiger partial charge in [-0.3, -0.25) is 4.79 Å². The van der Waals surface area contributed by atoms with Crippen LogP contribution in [0.15, 0.2) is 48.5 Å². The van der Waals surface area contributed by atoms with Gasteiger partial charge in [0.15, 0.2) is 0 Å². The molecular formula is C18H16F3NO3S. The van der Waals surface area contributed by atoms with E-state index in [2.05, 4.69) is 10.1 Å². The Kier molecular flexibility index (Phi) is 6.68. The van der Waals surface area contributed by atoms with Crippen molar-refractivity contribution in [3.63, 3.8) is 0 Å². The van der Waals surface area contributed by atoms with Gasteiger partial charge < -0.3 is 10.1 Å². The monoisotopic (exact) mass is 383 g/mol. The molecule has 0 saturated carbocycles. The third-order valence-corrected chi connectivity index (χ3v) is 4.36. The molecule has 0 aromatic heterocycles. The fourth-order valence-electron chi connectivity index (χ4n) is 2.19. The molecule has 0 fully saturated rings. The average molecular weight is 383 g/mol. The van der Waals surface area contributed by atoms with Gasteiger partial charge in [-0.25, -0.2) is 4.79 Å². The van der Waals surface area contributed by atoms with Crippen molar-refractivity contribution in [1.82, 2.24) is 0 Å². The van der Waals surface area contributed by atoms with Gasteiger partial charge >= 0.3 is 12.1 Å². The van der Waals surface area contributed by atoms with Crippen molar-refractivity contribution in [2.45, 2.75) is 11.9 Å². The fourth-order valence-corrected chi connectivity index (χ4v) is 2.97. The standard InChI is InChI=1S/C18H16F3NO3S/c1-25-17(24)13-6-4-5-12(9-13)10-26-11-16(23)22-15-8-3-2-7-14(15)18(19,20)21/h2-9H,10-11H2,1H3,(H,22,23). The van der Waals surface area contributed by atoms with Gasteiger partial charge in [-0.15, -0.1) is 11.8 Å². The number of rotatable bonds is 6. The second-order valence-electron chi connectivity index (χ2n) is 5.28. The zero-order valence-corrected chi connectivity index (χ0v) is 14.6. The summed E-state index contributed by atoms with van der Waals surface area (Å²) in [5, 5.41) is 2.29. The van der Waals surface area contributed by atoms with E-state index in [1.807, 2.05) is 0 Å². The first-order valence-electron chi connectivity index (χ1n) is 7.52. The second-order valence-corrected chi connectivity index (χ2v) is 6.26. The van der Waals surface area contributed by atoms with Crippen molar-refractivity contribution in [2.75, 3.05) is 18.2 Å². The molecule has 0 spiro atoms. The van der Waals surface area contributed by atoms with Crippen LogP contribution in [-0.4, -0.2) is 24.7 Å². The summed E-state index contributed by atoms with van der Waals surface area (Å²) in [6.45, 7) is 0. The van der Waals surface area contributed by atoms with Crippen LogP contribution < -0.4 is 5.32 Å². The summed E-state index contributed by atoms with van der Waals surface area (Å²) in [6.07, 6.45) is -4.54. The van der Waals surface area contributed by atoms with Gasteiger partial charge in [-0.2, -0.15) is 13.2 Å². The molecule has 138 valence electrons. The fraction of sp³-hybridized carbons (Fsp3) is 0.222. The topological polar surface area (TPSA) is 55.4 Å². The molecule has 0 saturated heterocycles. The van der Waals surface area contributed by atoms with Crippen LogP contribution in [0.25, 0.3) is 0 Å². The normalized spacial score (nSPS) is 11.1. The van der Waals surface area contributed by atoms with E-state index in [4.69, 9.17) is 0 Å². The Balaban J connectivity index is 1.92. The Morgan fingerprint density at radius 1 is 1.12 bits per heavy atom. The summed E-state index contributed by atoms with van der Waals surface area (Å²) >= 11 is 1.23. The van der Waals surface area contributed by atoms with Crippen LogP contribution in [0.3, 0.4) is 0 Å². The number of hydrogen-bond donors (Lipinski definition) is 1. The number of hydrogen-bond acceptors (Lipinski definition) is 4. The number of carbonyl (C=O) groups is 2. The number of halogens is 3. The molecule has 1 N–H and O–H groups in total. The number of benzene rings is 2. The first kappa shape index (κ1) is 19.8. The van der Waals surface area contributed by atoms with Crippen molar-refractivity contribution in [3.8, 4) is 0 Å². The molecular weight excluding hydrogens is 367 g/mol. The lowest BCUT2D eigenvalue weighted by Crippen LogP contribution is -2.18. The first-order chi connectivity index (χ1) is 12.3. The zero-order chi connectivity index (χ0) is 19.2. The SMILES string of the molecule is COC(=O)c1cccc(CSCC(=O)Nc2ccccc2C(F)(F)F)c1. The van der Waals surface area contributed by atoms with Crippen molar-refractivity contribution in [1.29, 1.82) is 0 Å². The van der Waals surface area contributed by atoms with Gasteiger partial charge in [-0.1, -0.05) is 24.3 Å². The zero-order valence-electron chi connectivity index (χ0n) is 13.8. The second kappa shape index (κ2) is 8.75. The predicted octanol–water partition coefficient (Wildman–Crippen LogP) is 4.36. The van der Waals surface area contributed by atoms with Crippen molar-refractivity contribution in [2.24, 2.45) is 0 Å². The Bertz CT molecular complexity index is 793. The Labute approximate surface area is 152 Å². The maximum atomic E-state index is 12.9. The highest BCUT2D eigenvalue weighted by atomic mass is 32.2. The number of amides is 1. The van der Waals surface area contributed by atoms with Gasteiger partial charge in [0.2, 0.25) is 5.91 Å². The van der Waals surface area contributed by atoms with Gasteiger partial charge in [0, 0.05) is 5.75 Å². The number of esters is 1. The van der Waals surface area contributed by atoms with E-state index >= 15 is 0 Å². The molecule has 2 aromatic carbocycles. The van der Waals surface area contributed by atoms with E-state index in [-0.39, 0.29) is 11.4 Å². The molecule has 0 aliphatic heterocycles. The minimum Gasteiger partial charge on any atom is -0.465 e. The molecule has 0 radical (unpaired) electrons. The summed E-state index contributed by atoms with van der Waals surface area (Å²) in [4.78, 5) is 23.4.